The number of non-ortho nitro benzene ring substituents is 1. The number of benzene rings is 2. The molecule has 0 spiro atoms. The van der Waals surface area contributed by atoms with Crippen LogP contribution < -0.4 is 4.80 Å². The average Bonchev–Trinajstić information content (AvgIpc) is 2.89. The lowest BCUT2D eigenvalue weighted by Crippen LogP contribution is -2.14. The van der Waals surface area contributed by atoms with E-state index in [9.17, 15) is 14.9 Å². The van der Waals surface area contributed by atoms with Gasteiger partial charge in [0, 0.05) is 34.1 Å². The molecule has 0 aliphatic carbocycles. The number of nitro benzene ring substituents is 1. The zero-order valence-electron chi connectivity index (χ0n) is 14.0. The Bertz CT molecular complexity index is 1050. The van der Waals surface area contributed by atoms with Crippen LogP contribution in [0.25, 0.3) is 11.3 Å². The molecule has 3 aromatic rings. The maximum Gasteiger partial charge on any atom is 0.279 e. The van der Waals surface area contributed by atoms with E-state index in [0.717, 1.165) is 20.6 Å². The fraction of sp³-hybridized carbons (Fsp3) is 0.111. The predicted molar refractivity (Wildman–Crippen MR) is 104 cm³/mol. The van der Waals surface area contributed by atoms with Gasteiger partial charge in [-0.05, 0) is 36.8 Å². The van der Waals surface area contributed by atoms with Crippen LogP contribution in [-0.2, 0) is 7.05 Å². The SMILES string of the molecule is Cc1sc(=NC(=O)c2ccc([N+](=O)[O-])cc2)n(C)c1-c1ccc(Br)cc1. The molecule has 0 atom stereocenters. The highest BCUT2D eigenvalue weighted by atomic mass is 79.9. The van der Waals surface area contributed by atoms with Gasteiger partial charge in [-0.25, -0.2) is 0 Å². The summed E-state index contributed by atoms with van der Waals surface area (Å²) in [4.78, 5) is 28.4. The summed E-state index contributed by atoms with van der Waals surface area (Å²) >= 11 is 4.85. The Hall–Kier alpha value is -2.58. The molecule has 0 unspecified atom stereocenters. The number of nitrogens with zero attached hydrogens (tertiary/aromatic N) is 3. The fourth-order valence-corrected chi connectivity index (χ4v) is 3.81. The van der Waals surface area contributed by atoms with Crippen LogP contribution in [0.4, 0.5) is 5.69 Å². The lowest BCUT2D eigenvalue weighted by atomic mass is 10.1. The van der Waals surface area contributed by atoms with Crippen molar-refractivity contribution in [3.05, 3.63) is 78.4 Å². The molecule has 0 saturated carbocycles. The number of hydrogen-bond donors (Lipinski definition) is 0. The van der Waals surface area contributed by atoms with Crippen LogP contribution in [0, 0.1) is 17.0 Å². The molecule has 6 nitrogen and oxygen atoms in total. The third-order valence-corrected chi connectivity index (χ3v) is 5.42. The van der Waals surface area contributed by atoms with Gasteiger partial charge in [0.05, 0.1) is 10.6 Å². The largest absolute Gasteiger partial charge is 0.319 e. The van der Waals surface area contributed by atoms with Gasteiger partial charge < -0.3 is 4.57 Å². The molecule has 1 heterocycles. The molecule has 1 amide bonds. The summed E-state index contributed by atoms with van der Waals surface area (Å²) in [5.41, 5.74) is 2.29. The van der Waals surface area contributed by atoms with Crippen molar-refractivity contribution in [1.82, 2.24) is 4.57 Å². The van der Waals surface area contributed by atoms with Gasteiger partial charge in [-0.3, -0.25) is 14.9 Å². The normalized spacial score (nSPS) is 11.6. The van der Waals surface area contributed by atoms with Gasteiger partial charge in [-0.2, -0.15) is 4.99 Å². The second-order valence-corrected chi connectivity index (χ2v) is 7.67. The molecule has 1 aromatic heterocycles. The number of aryl methyl sites for hydroxylation is 1. The first-order valence-electron chi connectivity index (χ1n) is 7.62. The highest BCUT2D eigenvalue weighted by Crippen LogP contribution is 2.26. The van der Waals surface area contributed by atoms with Gasteiger partial charge in [0.2, 0.25) is 0 Å². The summed E-state index contributed by atoms with van der Waals surface area (Å²) in [7, 11) is 1.86. The quantitative estimate of drug-likeness (QED) is 0.453. The average molecular weight is 432 g/mol. The molecule has 3 rings (SSSR count). The first kappa shape index (κ1) is 18.2. The Morgan fingerprint density at radius 2 is 1.77 bits per heavy atom. The van der Waals surface area contributed by atoms with E-state index in [1.54, 1.807) is 0 Å². The van der Waals surface area contributed by atoms with Crippen LogP contribution in [-0.4, -0.2) is 15.4 Å². The first-order valence-corrected chi connectivity index (χ1v) is 9.23. The van der Waals surface area contributed by atoms with E-state index in [2.05, 4.69) is 20.9 Å². The maximum atomic E-state index is 12.4. The lowest BCUT2D eigenvalue weighted by Gasteiger charge is -2.04. The van der Waals surface area contributed by atoms with Crippen LogP contribution in [0.3, 0.4) is 0 Å². The van der Waals surface area contributed by atoms with Crippen molar-refractivity contribution < 1.29 is 9.72 Å². The van der Waals surface area contributed by atoms with Gasteiger partial charge >= 0.3 is 0 Å². The first-order chi connectivity index (χ1) is 12.4. The van der Waals surface area contributed by atoms with E-state index in [-0.39, 0.29) is 5.69 Å². The van der Waals surface area contributed by atoms with Gasteiger partial charge in [0.1, 0.15) is 0 Å². The molecule has 2 aromatic carbocycles. The number of hydrogen-bond acceptors (Lipinski definition) is 4. The standard InChI is InChI=1S/C18H14BrN3O3S/c1-11-16(12-3-7-14(19)8-4-12)21(2)18(26-11)20-17(23)13-5-9-15(10-6-13)22(24)25/h3-10H,1-2H3. The van der Waals surface area contributed by atoms with Crippen LogP contribution in [0.1, 0.15) is 15.2 Å². The van der Waals surface area contributed by atoms with Crippen molar-refractivity contribution in [1.29, 1.82) is 0 Å². The summed E-state index contributed by atoms with van der Waals surface area (Å²) in [5.74, 6) is -0.431. The molecule has 132 valence electrons. The van der Waals surface area contributed by atoms with Crippen molar-refractivity contribution in [2.45, 2.75) is 6.92 Å². The van der Waals surface area contributed by atoms with Crippen molar-refractivity contribution in [2.75, 3.05) is 0 Å². The summed E-state index contributed by atoms with van der Waals surface area (Å²) in [6.45, 7) is 1.98. The third-order valence-electron chi connectivity index (χ3n) is 3.84. The number of halogens is 1. The minimum Gasteiger partial charge on any atom is -0.319 e. The van der Waals surface area contributed by atoms with Crippen LogP contribution in [0.5, 0.6) is 0 Å². The molecule has 0 radical (unpaired) electrons. The number of aromatic nitrogens is 1. The Kier molecular flexibility index (Phi) is 5.15. The maximum absolute atomic E-state index is 12.4. The van der Waals surface area contributed by atoms with E-state index in [1.165, 1.54) is 35.6 Å². The number of amides is 1. The van der Waals surface area contributed by atoms with E-state index in [0.29, 0.717) is 10.4 Å². The van der Waals surface area contributed by atoms with Crippen molar-refractivity contribution in [3.63, 3.8) is 0 Å². The fourth-order valence-electron chi connectivity index (χ4n) is 2.57. The number of carbonyl (C=O) groups is 1. The Labute approximate surface area is 161 Å². The van der Waals surface area contributed by atoms with Gasteiger partial charge in [-0.15, -0.1) is 11.3 Å². The number of nitro groups is 1. The number of thiazole rings is 1. The minimum atomic E-state index is -0.501. The molecule has 0 aliphatic heterocycles. The predicted octanol–water partition coefficient (Wildman–Crippen LogP) is 4.47. The summed E-state index contributed by atoms with van der Waals surface area (Å²) in [6.07, 6.45) is 0. The number of rotatable bonds is 3. The molecule has 26 heavy (non-hydrogen) atoms. The van der Waals surface area contributed by atoms with Crippen LogP contribution >= 0.6 is 27.3 Å². The van der Waals surface area contributed by atoms with Crippen molar-refractivity contribution in [3.8, 4) is 11.3 Å². The second-order valence-electron chi connectivity index (χ2n) is 5.58. The number of carbonyl (C=O) groups excluding carboxylic acids is 1. The Balaban J connectivity index is 1.99. The highest BCUT2D eigenvalue weighted by molar-refractivity contribution is 9.10. The monoisotopic (exact) mass is 431 g/mol. The third kappa shape index (κ3) is 3.66. The summed E-state index contributed by atoms with van der Waals surface area (Å²) in [5, 5.41) is 10.7. The molecule has 0 N–H and O–H groups in total. The Morgan fingerprint density at radius 1 is 1.15 bits per heavy atom. The molecule has 8 heteroatoms. The summed E-state index contributed by atoms with van der Waals surface area (Å²) < 4.78 is 2.88. The molecule has 0 aliphatic rings. The van der Waals surface area contributed by atoms with E-state index < -0.39 is 10.8 Å². The zero-order valence-corrected chi connectivity index (χ0v) is 16.4. The molecule has 0 saturated heterocycles. The minimum absolute atomic E-state index is 0.0587. The summed E-state index contributed by atoms with van der Waals surface area (Å²) in [6, 6.07) is 13.4. The smallest absolute Gasteiger partial charge is 0.279 e. The van der Waals surface area contributed by atoms with Crippen LogP contribution in [0.2, 0.25) is 0 Å². The lowest BCUT2D eigenvalue weighted by molar-refractivity contribution is -0.384. The van der Waals surface area contributed by atoms with E-state index >= 15 is 0 Å². The molecular formula is C18H14BrN3O3S. The van der Waals surface area contributed by atoms with Crippen molar-refractivity contribution in [2.24, 2.45) is 12.0 Å². The highest BCUT2D eigenvalue weighted by Gasteiger charge is 2.13. The van der Waals surface area contributed by atoms with E-state index in [4.69, 9.17) is 0 Å². The molecule has 0 bridgehead atoms. The van der Waals surface area contributed by atoms with Crippen LogP contribution in [0.15, 0.2) is 58.0 Å². The topological polar surface area (TPSA) is 77.5 Å². The van der Waals surface area contributed by atoms with Gasteiger partial charge in [0.15, 0.2) is 4.80 Å². The molecule has 0 fully saturated rings. The van der Waals surface area contributed by atoms with Gasteiger partial charge in [-0.1, -0.05) is 28.1 Å². The van der Waals surface area contributed by atoms with Gasteiger partial charge in [0.25, 0.3) is 11.6 Å². The van der Waals surface area contributed by atoms with E-state index in [1.807, 2.05) is 42.8 Å². The van der Waals surface area contributed by atoms with Crippen molar-refractivity contribution >= 4 is 38.9 Å². The Morgan fingerprint density at radius 3 is 2.35 bits per heavy atom. The second kappa shape index (κ2) is 7.35. The zero-order chi connectivity index (χ0) is 18.8. The molecular weight excluding hydrogens is 418 g/mol.